The van der Waals surface area contributed by atoms with E-state index < -0.39 is 16.6 Å². The number of hydrogen-bond donors (Lipinski definition) is 0. The Hall–Kier alpha value is -0.736. The fraction of sp³-hybridized carbons (Fsp3) is 0.872. The summed E-state index contributed by atoms with van der Waals surface area (Å²) in [7, 11) is -3.93. The van der Waals surface area contributed by atoms with Crippen LogP contribution in [0.1, 0.15) is 127 Å². The summed E-state index contributed by atoms with van der Waals surface area (Å²) in [6, 6.07) is 0. The van der Waals surface area contributed by atoms with Gasteiger partial charge < -0.3 is 18.3 Å². The lowest BCUT2D eigenvalue weighted by Crippen LogP contribution is -2.48. The van der Waals surface area contributed by atoms with Gasteiger partial charge in [0.25, 0.3) is 0 Å². The van der Waals surface area contributed by atoms with Gasteiger partial charge in [0.1, 0.15) is 6.10 Å². The summed E-state index contributed by atoms with van der Waals surface area (Å²) in [5.41, 5.74) is 1.62. The summed E-state index contributed by atoms with van der Waals surface area (Å²) in [6.45, 7) is 33.2. The Bertz CT molecular complexity index is 1060. The van der Waals surface area contributed by atoms with Crippen molar-refractivity contribution in [1.82, 2.24) is 0 Å². The van der Waals surface area contributed by atoms with Gasteiger partial charge in [-0.05, 0) is 91.2 Å². The highest BCUT2D eigenvalue weighted by Crippen LogP contribution is 2.47. The van der Waals surface area contributed by atoms with Gasteiger partial charge in [0.2, 0.25) is 0 Å². The number of esters is 1. The second-order valence-corrected chi connectivity index (χ2v) is 27.7. The molecule has 266 valence electrons. The van der Waals surface area contributed by atoms with Crippen LogP contribution in [0.2, 0.25) is 36.3 Å². The van der Waals surface area contributed by atoms with Gasteiger partial charge in [0.15, 0.2) is 16.6 Å². The molecule has 0 spiro atoms. The fourth-order valence-corrected chi connectivity index (χ4v) is 10.1. The summed E-state index contributed by atoms with van der Waals surface area (Å²) in [6.07, 6.45) is 15.9. The Morgan fingerprint density at radius 3 is 2.07 bits per heavy atom. The Balaban J connectivity index is 1.85. The number of fused-ring (bicyclic) bond motifs is 1. The lowest BCUT2D eigenvalue weighted by molar-refractivity contribution is -0.160. The lowest BCUT2D eigenvalue weighted by atomic mass is 9.66. The van der Waals surface area contributed by atoms with Gasteiger partial charge in [0.05, 0.1) is 31.3 Å². The first kappa shape index (κ1) is 39.7. The van der Waals surface area contributed by atoms with Crippen LogP contribution in [-0.2, 0) is 23.1 Å². The molecule has 1 saturated heterocycles. The average Bonchev–Trinajstić information content (AvgIpc) is 2.93. The van der Waals surface area contributed by atoms with Crippen molar-refractivity contribution in [1.29, 1.82) is 0 Å². The van der Waals surface area contributed by atoms with Crippen LogP contribution in [0.4, 0.5) is 0 Å². The van der Waals surface area contributed by atoms with E-state index in [1.54, 1.807) is 0 Å². The van der Waals surface area contributed by atoms with Crippen molar-refractivity contribution in [2.75, 3.05) is 6.61 Å². The molecule has 1 heterocycles. The van der Waals surface area contributed by atoms with Crippen LogP contribution in [0, 0.1) is 23.2 Å². The summed E-state index contributed by atoms with van der Waals surface area (Å²) >= 11 is 0. The third-order valence-electron chi connectivity index (χ3n) is 12.8. The molecule has 0 aromatic heterocycles. The Morgan fingerprint density at radius 1 is 0.891 bits per heavy atom. The first-order chi connectivity index (χ1) is 21.2. The van der Waals surface area contributed by atoms with E-state index >= 15 is 0 Å². The monoisotopic (exact) mass is 676 g/mol. The molecule has 0 aromatic rings. The normalized spacial score (nSPS) is 29.7. The van der Waals surface area contributed by atoms with Crippen LogP contribution in [0.25, 0.3) is 0 Å². The predicted octanol–water partition coefficient (Wildman–Crippen LogP) is 11.0. The highest BCUT2D eigenvalue weighted by molar-refractivity contribution is 6.74. The molecule has 0 radical (unpaired) electrons. The van der Waals surface area contributed by atoms with Crippen molar-refractivity contribution in [2.24, 2.45) is 23.2 Å². The molecule has 7 atom stereocenters. The number of allylic oxidation sites excluding steroid dienone is 2. The molecule has 3 aliphatic rings. The summed E-state index contributed by atoms with van der Waals surface area (Å²) in [4.78, 5) is 12.8. The lowest BCUT2D eigenvalue weighted by Gasteiger charge is -2.47. The van der Waals surface area contributed by atoms with E-state index in [2.05, 4.69) is 114 Å². The van der Waals surface area contributed by atoms with Crippen molar-refractivity contribution in [3.63, 3.8) is 0 Å². The van der Waals surface area contributed by atoms with Gasteiger partial charge in [0, 0.05) is 18.8 Å². The molecule has 0 aromatic carbocycles. The van der Waals surface area contributed by atoms with Crippen molar-refractivity contribution >= 4 is 22.6 Å². The first-order valence-corrected chi connectivity index (χ1v) is 24.6. The minimum atomic E-state index is -1.97. The second-order valence-electron chi connectivity index (χ2n) is 18.2. The van der Waals surface area contributed by atoms with Crippen LogP contribution in [-0.4, -0.2) is 53.6 Å². The molecule has 0 N–H and O–H groups in total. The maximum Gasteiger partial charge on any atom is 0.308 e. The standard InChI is InChI=1S/C39H72O5Si2/c1-15-22-39(16-2,17-3)27-41-34-25-31(43-45(11,12)37(5,6)7)23-29-19-18-28(4)33(36(29)34)21-20-30-24-32(26-35(40)42-30)44-46(13,14)38(8,9)10/h18-19,23,28,30-34,36H,15-17,20-22,24-27H2,1-14H3. The maximum atomic E-state index is 12.8. The number of carbonyl (C=O) groups excluding carboxylic acids is 1. The van der Waals surface area contributed by atoms with E-state index in [9.17, 15) is 4.79 Å². The number of carbonyl (C=O) groups is 1. The number of cyclic esters (lactones) is 1. The highest BCUT2D eigenvalue weighted by Gasteiger charge is 2.46. The van der Waals surface area contributed by atoms with Gasteiger partial charge in [-0.2, -0.15) is 0 Å². The second kappa shape index (κ2) is 15.4. The van der Waals surface area contributed by atoms with Crippen LogP contribution in [0.3, 0.4) is 0 Å². The van der Waals surface area contributed by atoms with Gasteiger partial charge in [-0.1, -0.05) is 93.9 Å². The number of rotatable bonds is 14. The Labute approximate surface area is 286 Å². The molecule has 1 fully saturated rings. The topological polar surface area (TPSA) is 54.0 Å². The van der Waals surface area contributed by atoms with E-state index in [0.29, 0.717) is 24.2 Å². The van der Waals surface area contributed by atoms with Crippen LogP contribution < -0.4 is 0 Å². The van der Waals surface area contributed by atoms with Crippen LogP contribution >= 0.6 is 0 Å². The zero-order valence-corrected chi connectivity index (χ0v) is 34.4. The number of hydrogen-bond acceptors (Lipinski definition) is 5. The third-order valence-corrected chi connectivity index (χ3v) is 21.8. The minimum absolute atomic E-state index is 0.0416. The van der Waals surface area contributed by atoms with E-state index in [4.69, 9.17) is 18.3 Å². The van der Waals surface area contributed by atoms with Gasteiger partial charge in [-0.15, -0.1) is 0 Å². The van der Waals surface area contributed by atoms with Crippen molar-refractivity contribution < 1.29 is 23.1 Å². The smallest absolute Gasteiger partial charge is 0.308 e. The van der Waals surface area contributed by atoms with Gasteiger partial charge in [-0.3, -0.25) is 4.79 Å². The van der Waals surface area contributed by atoms with E-state index in [1.807, 2.05) is 0 Å². The first-order valence-electron chi connectivity index (χ1n) is 18.7. The Kier molecular flexibility index (Phi) is 13.3. The van der Waals surface area contributed by atoms with Crippen LogP contribution in [0.5, 0.6) is 0 Å². The molecule has 1 aliphatic heterocycles. The molecular weight excluding hydrogens is 605 g/mol. The summed E-state index contributed by atoms with van der Waals surface area (Å²) in [5.74, 6) is 1.08. The SMILES string of the molecule is CCCC(CC)(CC)COC1CC(O[Si](C)(C)C(C)(C)C)C=C2C=CC(C)C(CCC3CC(O[Si](C)(C)C(C)(C)C)CC(=O)O3)C21. The van der Waals surface area contributed by atoms with Gasteiger partial charge in [-0.25, -0.2) is 0 Å². The van der Waals surface area contributed by atoms with Gasteiger partial charge >= 0.3 is 5.97 Å². The molecule has 7 unspecified atom stereocenters. The molecular formula is C39H72O5Si2. The van der Waals surface area contributed by atoms with Crippen LogP contribution in [0.15, 0.2) is 23.8 Å². The number of ether oxygens (including phenoxy) is 2. The molecule has 0 saturated carbocycles. The molecule has 0 bridgehead atoms. The quantitative estimate of drug-likeness (QED) is 0.135. The molecule has 46 heavy (non-hydrogen) atoms. The molecule has 0 amide bonds. The van der Waals surface area contributed by atoms with Crippen molar-refractivity contribution in [2.45, 2.75) is 188 Å². The average molecular weight is 677 g/mol. The van der Waals surface area contributed by atoms with Crippen molar-refractivity contribution in [3.05, 3.63) is 23.8 Å². The summed E-state index contributed by atoms with van der Waals surface area (Å²) in [5, 5.41) is 0.269. The largest absolute Gasteiger partial charge is 0.462 e. The molecule has 7 heteroatoms. The van der Waals surface area contributed by atoms with E-state index in [1.165, 1.54) is 18.4 Å². The Morgan fingerprint density at radius 2 is 1.50 bits per heavy atom. The highest BCUT2D eigenvalue weighted by atomic mass is 28.4. The van der Waals surface area contributed by atoms with Crippen molar-refractivity contribution in [3.8, 4) is 0 Å². The minimum Gasteiger partial charge on any atom is -0.462 e. The maximum absolute atomic E-state index is 12.8. The molecule has 5 nitrogen and oxygen atoms in total. The zero-order chi connectivity index (χ0) is 34.7. The van der Waals surface area contributed by atoms with E-state index in [0.717, 1.165) is 45.1 Å². The molecule has 2 aliphatic carbocycles. The summed E-state index contributed by atoms with van der Waals surface area (Å²) < 4.78 is 26.9. The zero-order valence-electron chi connectivity index (χ0n) is 32.4. The predicted molar refractivity (Wildman–Crippen MR) is 198 cm³/mol. The van der Waals surface area contributed by atoms with E-state index in [-0.39, 0.29) is 45.9 Å². The fourth-order valence-electron chi connectivity index (χ4n) is 7.43. The molecule has 3 rings (SSSR count). The third kappa shape index (κ3) is 9.70.